The van der Waals surface area contributed by atoms with E-state index < -0.39 is 0 Å². The number of hydrogen-bond acceptors (Lipinski definition) is 3. The summed E-state index contributed by atoms with van der Waals surface area (Å²) in [6.45, 7) is 0. The second kappa shape index (κ2) is 12.0. The molecular formula is C47H32N4. The molecule has 1 unspecified atom stereocenters. The summed E-state index contributed by atoms with van der Waals surface area (Å²) in [6, 6.07) is 52.2. The van der Waals surface area contributed by atoms with Crippen molar-refractivity contribution in [1.29, 1.82) is 0 Å². The molecule has 0 fully saturated rings. The lowest BCUT2D eigenvalue weighted by Crippen LogP contribution is -2.17. The van der Waals surface area contributed by atoms with Gasteiger partial charge in [0.15, 0.2) is 0 Å². The standard InChI is InChI=1S/C47H32N4/c1-3-11-33(12-4-1)45-38-16-8-9-17-39(38)46(34-13-5-2-6-14-34)43-29-35(21-24-40(43)45)42-30-44-47(41-18-10-7-15-37(41)42)50-51(49-44)36-22-19-31(20-23-36)32-25-27-48-28-26-32/h1-15,17-30,46H,16H2. The van der Waals surface area contributed by atoms with E-state index in [1.54, 1.807) is 4.80 Å². The first-order valence-electron chi connectivity index (χ1n) is 17.4. The molecule has 0 amide bonds. The zero-order valence-corrected chi connectivity index (χ0v) is 27.8. The molecule has 2 aliphatic carbocycles. The Bertz CT molecular complexity index is 2680. The van der Waals surface area contributed by atoms with E-state index in [-0.39, 0.29) is 5.92 Å². The van der Waals surface area contributed by atoms with E-state index >= 15 is 0 Å². The van der Waals surface area contributed by atoms with E-state index in [0.717, 1.165) is 50.6 Å². The van der Waals surface area contributed by atoms with E-state index in [9.17, 15) is 0 Å². The summed E-state index contributed by atoms with van der Waals surface area (Å²) in [5, 5.41) is 12.3. The van der Waals surface area contributed by atoms with E-state index in [4.69, 9.17) is 10.2 Å². The molecule has 0 spiro atoms. The maximum atomic E-state index is 5.05. The number of hydrogen-bond donors (Lipinski definition) is 0. The smallest absolute Gasteiger partial charge is 0.121 e. The molecule has 2 aliphatic rings. The van der Waals surface area contributed by atoms with Crippen LogP contribution in [0.25, 0.3) is 55.3 Å². The van der Waals surface area contributed by atoms with Crippen LogP contribution in [-0.2, 0) is 0 Å². The van der Waals surface area contributed by atoms with Crippen LogP contribution in [0.2, 0.25) is 0 Å². The van der Waals surface area contributed by atoms with Gasteiger partial charge >= 0.3 is 0 Å². The number of allylic oxidation sites excluding steroid dienone is 5. The highest BCUT2D eigenvalue weighted by molar-refractivity contribution is 6.11. The lowest BCUT2D eigenvalue weighted by Gasteiger charge is -2.35. The third kappa shape index (κ3) is 4.95. The average molecular weight is 653 g/mol. The van der Waals surface area contributed by atoms with Gasteiger partial charge in [0.1, 0.15) is 11.0 Å². The van der Waals surface area contributed by atoms with Crippen LogP contribution in [-0.4, -0.2) is 20.0 Å². The van der Waals surface area contributed by atoms with Gasteiger partial charge in [0, 0.05) is 23.7 Å². The van der Waals surface area contributed by atoms with Gasteiger partial charge in [-0.15, -0.1) is 10.2 Å². The molecule has 2 aromatic heterocycles. The Morgan fingerprint density at radius 3 is 2.08 bits per heavy atom. The number of nitrogens with zero attached hydrogens (tertiary/aromatic N) is 4. The van der Waals surface area contributed by atoms with Gasteiger partial charge < -0.3 is 0 Å². The van der Waals surface area contributed by atoms with Gasteiger partial charge in [-0.05, 0) is 109 Å². The molecule has 10 rings (SSSR count). The summed E-state index contributed by atoms with van der Waals surface area (Å²) >= 11 is 0. The number of benzene rings is 6. The second-order valence-electron chi connectivity index (χ2n) is 13.2. The second-order valence-corrected chi connectivity index (χ2v) is 13.2. The molecule has 0 bridgehead atoms. The molecule has 4 nitrogen and oxygen atoms in total. The molecule has 0 aliphatic heterocycles. The third-order valence-electron chi connectivity index (χ3n) is 10.3. The largest absolute Gasteiger partial charge is 0.265 e. The maximum absolute atomic E-state index is 5.05. The minimum atomic E-state index is 0.125. The van der Waals surface area contributed by atoms with Crippen LogP contribution in [0.5, 0.6) is 0 Å². The van der Waals surface area contributed by atoms with E-state index in [0.29, 0.717) is 0 Å². The molecule has 0 radical (unpaired) electrons. The fourth-order valence-corrected chi connectivity index (χ4v) is 7.99. The topological polar surface area (TPSA) is 43.6 Å². The third-order valence-corrected chi connectivity index (χ3v) is 10.3. The normalized spacial score (nSPS) is 15.1. The van der Waals surface area contributed by atoms with Gasteiger partial charge in [0.25, 0.3) is 0 Å². The minimum absolute atomic E-state index is 0.125. The Balaban J connectivity index is 1.15. The van der Waals surface area contributed by atoms with Crippen molar-refractivity contribution in [2.45, 2.75) is 12.3 Å². The average Bonchev–Trinajstić information content (AvgIpc) is 3.65. The van der Waals surface area contributed by atoms with Gasteiger partial charge in [-0.3, -0.25) is 4.98 Å². The summed E-state index contributed by atoms with van der Waals surface area (Å²) in [5.74, 6) is 0.125. The van der Waals surface area contributed by atoms with Gasteiger partial charge in [-0.2, -0.15) is 4.80 Å². The monoisotopic (exact) mass is 652 g/mol. The van der Waals surface area contributed by atoms with Gasteiger partial charge in [0.05, 0.1) is 5.69 Å². The van der Waals surface area contributed by atoms with Crippen LogP contribution >= 0.6 is 0 Å². The fraction of sp³-hybridized carbons (Fsp3) is 0.0426. The van der Waals surface area contributed by atoms with Crippen molar-refractivity contribution < 1.29 is 0 Å². The lowest BCUT2D eigenvalue weighted by atomic mass is 9.68. The van der Waals surface area contributed by atoms with Crippen molar-refractivity contribution in [3.8, 4) is 27.9 Å². The summed E-state index contributed by atoms with van der Waals surface area (Å²) in [7, 11) is 0. The van der Waals surface area contributed by atoms with Crippen LogP contribution in [0.15, 0.2) is 187 Å². The first-order valence-corrected chi connectivity index (χ1v) is 17.4. The predicted octanol–water partition coefficient (Wildman–Crippen LogP) is 11.1. The Kier molecular flexibility index (Phi) is 6.91. The molecule has 0 saturated carbocycles. The summed E-state index contributed by atoms with van der Waals surface area (Å²) in [5.41, 5.74) is 16.6. The van der Waals surface area contributed by atoms with Crippen LogP contribution in [0.1, 0.15) is 34.6 Å². The molecule has 1 atom stereocenters. The van der Waals surface area contributed by atoms with Crippen molar-refractivity contribution in [3.05, 3.63) is 210 Å². The van der Waals surface area contributed by atoms with Crippen LogP contribution in [0.4, 0.5) is 0 Å². The molecule has 51 heavy (non-hydrogen) atoms. The SMILES string of the molecule is C1=CCC2=C(c3ccccc3)c3ccc(-c4cc5nn(-c6ccc(-c7ccncc7)cc6)nc5c5ccccc45)cc3C(c3ccccc3)C2=C1. The zero-order valence-electron chi connectivity index (χ0n) is 27.8. The van der Waals surface area contributed by atoms with E-state index in [1.165, 1.54) is 44.5 Å². The molecule has 0 saturated heterocycles. The molecule has 6 aromatic carbocycles. The first kappa shape index (κ1) is 29.3. The Morgan fingerprint density at radius 2 is 1.27 bits per heavy atom. The van der Waals surface area contributed by atoms with Crippen molar-refractivity contribution in [2.24, 2.45) is 0 Å². The Morgan fingerprint density at radius 1 is 0.569 bits per heavy atom. The van der Waals surface area contributed by atoms with Crippen molar-refractivity contribution in [2.75, 3.05) is 0 Å². The minimum Gasteiger partial charge on any atom is -0.265 e. The maximum Gasteiger partial charge on any atom is 0.121 e. The van der Waals surface area contributed by atoms with Crippen molar-refractivity contribution in [1.82, 2.24) is 20.0 Å². The van der Waals surface area contributed by atoms with Crippen LogP contribution in [0, 0.1) is 0 Å². The lowest BCUT2D eigenvalue weighted by molar-refractivity contribution is 0.766. The molecule has 240 valence electrons. The predicted molar refractivity (Wildman–Crippen MR) is 208 cm³/mol. The molecule has 2 heterocycles. The molecular weight excluding hydrogens is 621 g/mol. The highest BCUT2D eigenvalue weighted by Crippen LogP contribution is 2.51. The first-order chi connectivity index (χ1) is 25.3. The number of fused-ring (bicyclic) bond motifs is 5. The quantitative estimate of drug-likeness (QED) is 0.186. The summed E-state index contributed by atoms with van der Waals surface area (Å²) in [6.07, 6.45) is 11.4. The van der Waals surface area contributed by atoms with E-state index in [2.05, 4.69) is 157 Å². The Labute approximate surface area is 296 Å². The molecule has 8 aromatic rings. The van der Waals surface area contributed by atoms with Crippen LogP contribution < -0.4 is 0 Å². The zero-order chi connectivity index (χ0) is 33.7. The van der Waals surface area contributed by atoms with E-state index in [1.807, 2.05) is 24.5 Å². The fourth-order valence-electron chi connectivity index (χ4n) is 7.99. The summed E-state index contributed by atoms with van der Waals surface area (Å²) < 4.78 is 0. The molecule has 4 heteroatoms. The van der Waals surface area contributed by atoms with Gasteiger partial charge in [-0.25, -0.2) is 0 Å². The van der Waals surface area contributed by atoms with Gasteiger partial charge in [-0.1, -0.05) is 127 Å². The number of aromatic nitrogens is 4. The van der Waals surface area contributed by atoms with Gasteiger partial charge in [0.2, 0.25) is 0 Å². The highest BCUT2D eigenvalue weighted by atomic mass is 15.5. The number of pyridine rings is 1. The summed E-state index contributed by atoms with van der Waals surface area (Å²) in [4.78, 5) is 5.91. The van der Waals surface area contributed by atoms with Crippen LogP contribution in [0.3, 0.4) is 0 Å². The highest BCUT2D eigenvalue weighted by Gasteiger charge is 2.33. The number of rotatable bonds is 5. The van der Waals surface area contributed by atoms with Crippen molar-refractivity contribution in [3.63, 3.8) is 0 Å². The Hall–Kier alpha value is -6.65. The molecule has 0 N–H and O–H groups in total. The van der Waals surface area contributed by atoms with Crippen molar-refractivity contribution >= 4 is 27.4 Å².